The largest absolute Gasteiger partial charge is 0.454 e. The zero-order valence-electron chi connectivity index (χ0n) is 12.8. The molecule has 0 saturated carbocycles. The summed E-state index contributed by atoms with van der Waals surface area (Å²) in [6.45, 7) is 1.66. The fourth-order valence-corrected chi connectivity index (χ4v) is 2.68. The van der Waals surface area contributed by atoms with E-state index in [0.717, 1.165) is 5.56 Å². The monoisotopic (exact) mass is 397 g/mol. The lowest BCUT2D eigenvalue weighted by Gasteiger charge is -2.08. The Balaban J connectivity index is 1.83. The lowest BCUT2D eigenvalue weighted by atomic mass is 10.3. The van der Waals surface area contributed by atoms with Crippen LogP contribution in [0.2, 0.25) is 15.1 Å². The van der Waals surface area contributed by atoms with Gasteiger partial charge in [0, 0.05) is 18.5 Å². The Bertz CT molecular complexity index is 1050. The molecule has 0 N–H and O–H groups in total. The third kappa shape index (κ3) is 3.61. The summed E-state index contributed by atoms with van der Waals surface area (Å²) in [5.74, 6) is -0.797. The van der Waals surface area contributed by atoms with Gasteiger partial charge in [0.1, 0.15) is 12.3 Å². The average Bonchev–Trinajstić information content (AvgIpc) is 2.58. The SMILES string of the molecule is Cc1ccc2nc(COC(=O)c3ncc(Cl)c(Cl)c3Cl)cc(=O)n2c1. The summed E-state index contributed by atoms with van der Waals surface area (Å²) in [6.07, 6.45) is 2.88. The van der Waals surface area contributed by atoms with E-state index in [1.165, 1.54) is 16.7 Å². The van der Waals surface area contributed by atoms with Crippen LogP contribution in [-0.4, -0.2) is 20.3 Å². The molecular formula is C16H10Cl3N3O3. The van der Waals surface area contributed by atoms with Crippen molar-refractivity contribution in [1.29, 1.82) is 0 Å². The first-order valence-electron chi connectivity index (χ1n) is 7.02. The van der Waals surface area contributed by atoms with E-state index in [1.54, 1.807) is 12.3 Å². The van der Waals surface area contributed by atoms with Crippen LogP contribution in [-0.2, 0) is 11.3 Å². The van der Waals surface area contributed by atoms with Crippen LogP contribution in [0.25, 0.3) is 5.65 Å². The van der Waals surface area contributed by atoms with Crippen molar-refractivity contribution in [3.05, 3.63) is 73.0 Å². The zero-order chi connectivity index (χ0) is 18.1. The van der Waals surface area contributed by atoms with Crippen LogP contribution >= 0.6 is 34.8 Å². The summed E-state index contributed by atoms with van der Waals surface area (Å²) in [4.78, 5) is 32.3. The molecule has 0 aliphatic heterocycles. The number of esters is 1. The number of nitrogens with zero attached hydrogens (tertiary/aromatic N) is 3. The maximum absolute atomic E-state index is 12.1. The number of aryl methyl sites for hydroxylation is 1. The Hall–Kier alpha value is -2.15. The molecule has 9 heteroatoms. The first-order valence-corrected chi connectivity index (χ1v) is 8.16. The molecule has 0 atom stereocenters. The van der Waals surface area contributed by atoms with E-state index >= 15 is 0 Å². The normalized spacial score (nSPS) is 10.9. The molecule has 3 aromatic heterocycles. The van der Waals surface area contributed by atoms with Gasteiger partial charge >= 0.3 is 5.97 Å². The molecule has 3 heterocycles. The van der Waals surface area contributed by atoms with E-state index < -0.39 is 5.97 Å². The van der Waals surface area contributed by atoms with Crippen molar-refractivity contribution >= 4 is 46.4 Å². The van der Waals surface area contributed by atoms with Crippen molar-refractivity contribution in [2.45, 2.75) is 13.5 Å². The first kappa shape index (κ1) is 17.7. The Kier molecular flexibility index (Phi) is 4.94. The molecule has 0 saturated heterocycles. The van der Waals surface area contributed by atoms with Gasteiger partial charge in [0.15, 0.2) is 5.69 Å². The van der Waals surface area contributed by atoms with Crippen molar-refractivity contribution in [3.8, 4) is 0 Å². The van der Waals surface area contributed by atoms with Gasteiger partial charge in [-0.15, -0.1) is 0 Å². The number of fused-ring (bicyclic) bond motifs is 1. The molecule has 0 amide bonds. The number of aromatic nitrogens is 3. The average molecular weight is 399 g/mol. The Labute approximate surface area is 156 Å². The van der Waals surface area contributed by atoms with E-state index in [1.807, 2.05) is 13.0 Å². The van der Waals surface area contributed by atoms with E-state index in [0.29, 0.717) is 11.3 Å². The number of pyridine rings is 2. The highest BCUT2D eigenvalue weighted by molar-refractivity contribution is 6.48. The van der Waals surface area contributed by atoms with Gasteiger partial charge < -0.3 is 4.74 Å². The molecule has 0 fully saturated rings. The molecule has 0 aromatic carbocycles. The van der Waals surface area contributed by atoms with E-state index in [-0.39, 0.29) is 32.9 Å². The molecular weight excluding hydrogens is 389 g/mol. The third-order valence-electron chi connectivity index (χ3n) is 3.32. The maximum Gasteiger partial charge on any atom is 0.358 e. The van der Waals surface area contributed by atoms with Crippen molar-refractivity contribution < 1.29 is 9.53 Å². The quantitative estimate of drug-likeness (QED) is 0.629. The van der Waals surface area contributed by atoms with Gasteiger partial charge in [-0.3, -0.25) is 9.20 Å². The summed E-state index contributed by atoms with van der Waals surface area (Å²) in [6, 6.07) is 4.83. The van der Waals surface area contributed by atoms with Gasteiger partial charge in [-0.1, -0.05) is 40.9 Å². The first-order chi connectivity index (χ1) is 11.9. The third-order valence-corrected chi connectivity index (χ3v) is 4.56. The standard InChI is InChI=1S/C16H10Cl3N3O3/c1-8-2-3-11-21-9(4-12(23)22(11)6-8)7-25-16(24)15-14(19)13(18)10(17)5-20-15/h2-6H,7H2,1H3. The second-order valence-electron chi connectivity index (χ2n) is 5.18. The van der Waals surface area contributed by atoms with Crippen LogP contribution in [0, 0.1) is 6.92 Å². The number of hydrogen-bond donors (Lipinski definition) is 0. The van der Waals surface area contributed by atoms with E-state index in [2.05, 4.69) is 9.97 Å². The topological polar surface area (TPSA) is 73.6 Å². The van der Waals surface area contributed by atoms with Crippen LogP contribution in [0.4, 0.5) is 0 Å². The Morgan fingerprint density at radius 2 is 2.00 bits per heavy atom. The number of hydrogen-bond acceptors (Lipinski definition) is 5. The molecule has 0 unspecified atom stereocenters. The molecule has 0 aliphatic carbocycles. The Morgan fingerprint density at radius 3 is 2.76 bits per heavy atom. The Morgan fingerprint density at radius 1 is 1.24 bits per heavy atom. The summed E-state index contributed by atoms with van der Waals surface area (Å²) < 4.78 is 6.53. The van der Waals surface area contributed by atoms with Gasteiger partial charge in [0.2, 0.25) is 0 Å². The molecule has 3 aromatic rings. The van der Waals surface area contributed by atoms with Gasteiger partial charge in [0.25, 0.3) is 5.56 Å². The summed E-state index contributed by atoms with van der Waals surface area (Å²) in [5.41, 5.74) is 1.25. The number of rotatable bonds is 3. The fraction of sp³-hybridized carbons (Fsp3) is 0.125. The van der Waals surface area contributed by atoms with Crippen LogP contribution in [0.5, 0.6) is 0 Å². The molecule has 0 spiro atoms. The van der Waals surface area contributed by atoms with Crippen LogP contribution in [0.15, 0.2) is 35.4 Å². The molecule has 6 nitrogen and oxygen atoms in total. The van der Waals surface area contributed by atoms with Gasteiger partial charge in [-0.25, -0.2) is 14.8 Å². The number of carbonyl (C=O) groups excluding carboxylic acids is 1. The van der Waals surface area contributed by atoms with Gasteiger partial charge in [-0.05, 0) is 18.6 Å². The maximum atomic E-state index is 12.1. The summed E-state index contributed by atoms with van der Waals surface area (Å²) in [5, 5.41) is 0.0478. The van der Waals surface area contributed by atoms with Crippen LogP contribution in [0.1, 0.15) is 21.7 Å². The van der Waals surface area contributed by atoms with Crippen molar-refractivity contribution in [1.82, 2.24) is 14.4 Å². The highest BCUT2D eigenvalue weighted by atomic mass is 35.5. The minimum atomic E-state index is -0.797. The molecule has 0 aliphatic rings. The van der Waals surface area contributed by atoms with Crippen LogP contribution < -0.4 is 5.56 Å². The minimum Gasteiger partial charge on any atom is -0.454 e. The van der Waals surface area contributed by atoms with Crippen molar-refractivity contribution in [2.75, 3.05) is 0 Å². The highest BCUT2D eigenvalue weighted by Crippen LogP contribution is 2.31. The van der Waals surface area contributed by atoms with E-state index in [4.69, 9.17) is 39.5 Å². The minimum absolute atomic E-state index is 0.0164. The van der Waals surface area contributed by atoms with Crippen molar-refractivity contribution in [2.24, 2.45) is 0 Å². The summed E-state index contributed by atoms with van der Waals surface area (Å²) >= 11 is 17.6. The van der Waals surface area contributed by atoms with Gasteiger partial charge in [0.05, 0.1) is 20.8 Å². The molecule has 3 rings (SSSR count). The predicted molar refractivity (Wildman–Crippen MR) is 94.6 cm³/mol. The van der Waals surface area contributed by atoms with E-state index in [9.17, 15) is 9.59 Å². The highest BCUT2D eigenvalue weighted by Gasteiger charge is 2.18. The zero-order valence-corrected chi connectivity index (χ0v) is 15.1. The fourth-order valence-electron chi connectivity index (χ4n) is 2.13. The smallest absolute Gasteiger partial charge is 0.358 e. The number of carbonyl (C=O) groups is 1. The lowest BCUT2D eigenvalue weighted by molar-refractivity contribution is 0.0461. The lowest BCUT2D eigenvalue weighted by Crippen LogP contribution is -2.17. The molecule has 0 bridgehead atoms. The van der Waals surface area contributed by atoms with Crippen LogP contribution in [0.3, 0.4) is 0 Å². The number of halogens is 3. The number of ether oxygens (including phenoxy) is 1. The predicted octanol–water partition coefficient (Wildman–Crippen LogP) is 3.72. The second kappa shape index (κ2) is 7.00. The molecule has 0 radical (unpaired) electrons. The van der Waals surface area contributed by atoms with Gasteiger partial charge in [-0.2, -0.15) is 0 Å². The second-order valence-corrected chi connectivity index (χ2v) is 6.34. The molecule has 128 valence electrons. The summed E-state index contributed by atoms with van der Waals surface area (Å²) in [7, 11) is 0. The van der Waals surface area contributed by atoms with Crippen molar-refractivity contribution in [3.63, 3.8) is 0 Å². The molecule has 25 heavy (non-hydrogen) atoms.